The predicted octanol–water partition coefficient (Wildman–Crippen LogP) is 1.30. The average Bonchev–Trinajstić information content (AvgIpc) is 3.03. The normalized spacial score (nSPS) is 16.9. The number of anilines is 1. The van der Waals surface area contributed by atoms with E-state index in [4.69, 9.17) is 5.11 Å². The molecule has 23 heavy (non-hydrogen) atoms. The molecule has 3 N–H and O–H groups in total. The first-order valence-electron chi connectivity index (χ1n) is 7.64. The first kappa shape index (κ1) is 16.8. The van der Waals surface area contributed by atoms with Gasteiger partial charge in [0.05, 0.1) is 12.5 Å². The second-order valence-corrected chi connectivity index (χ2v) is 5.53. The summed E-state index contributed by atoms with van der Waals surface area (Å²) in [5.41, 5.74) is 1.80. The molecule has 1 aromatic carbocycles. The summed E-state index contributed by atoms with van der Waals surface area (Å²) in [6.07, 6.45) is 1.32. The van der Waals surface area contributed by atoms with Crippen molar-refractivity contribution in [3.8, 4) is 0 Å². The van der Waals surface area contributed by atoms with Gasteiger partial charge < -0.3 is 20.6 Å². The number of amides is 3. The van der Waals surface area contributed by atoms with Crippen molar-refractivity contribution in [2.75, 3.05) is 25.0 Å². The zero-order chi connectivity index (χ0) is 16.8. The number of hydrogen-bond donors (Lipinski definition) is 3. The van der Waals surface area contributed by atoms with Gasteiger partial charge in [0.15, 0.2) is 0 Å². The molecule has 1 heterocycles. The van der Waals surface area contributed by atoms with Crippen LogP contribution in [-0.2, 0) is 16.0 Å². The Labute approximate surface area is 134 Å². The maximum atomic E-state index is 11.9. The van der Waals surface area contributed by atoms with Gasteiger partial charge in [-0.15, -0.1) is 0 Å². The number of carboxylic acid groups (broad SMARTS) is 1. The van der Waals surface area contributed by atoms with Crippen LogP contribution in [0.5, 0.6) is 0 Å². The fourth-order valence-corrected chi connectivity index (χ4v) is 2.49. The Kier molecular flexibility index (Phi) is 5.56. The predicted molar refractivity (Wildman–Crippen MR) is 85.2 cm³/mol. The van der Waals surface area contributed by atoms with Crippen molar-refractivity contribution in [1.82, 2.24) is 10.2 Å². The van der Waals surface area contributed by atoms with E-state index < -0.39 is 17.9 Å². The van der Waals surface area contributed by atoms with Gasteiger partial charge in [-0.3, -0.25) is 9.59 Å². The van der Waals surface area contributed by atoms with Crippen molar-refractivity contribution in [1.29, 1.82) is 0 Å². The van der Waals surface area contributed by atoms with Crippen LogP contribution in [0.15, 0.2) is 24.3 Å². The molecule has 2 rings (SSSR count). The molecule has 0 saturated carbocycles. The molecule has 1 fully saturated rings. The summed E-state index contributed by atoms with van der Waals surface area (Å²) in [5.74, 6) is -1.74. The fraction of sp³-hybridized carbons (Fsp3) is 0.438. The van der Waals surface area contributed by atoms with E-state index in [0.29, 0.717) is 18.7 Å². The number of rotatable bonds is 5. The van der Waals surface area contributed by atoms with Crippen LogP contribution in [0.4, 0.5) is 10.5 Å². The summed E-state index contributed by atoms with van der Waals surface area (Å²) in [6, 6.07) is 7.10. The lowest BCUT2D eigenvalue weighted by Crippen LogP contribution is -2.42. The number of likely N-dealkylation sites (tertiary alicyclic amines) is 1. The minimum atomic E-state index is -0.895. The van der Waals surface area contributed by atoms with Gasteiger partial charge in [0.1, 0.15) is 0 Å². The van der Waals surface area contributed by atoms with Crippen LogP contribution in [0.3, 0.4) is 0 Å². The summed E-state index contributed by atoms with van der Waals surface area (Å²) in [7, 11) is 0. The number of aliphatic carboxylic acids is 1. The molecule has 1 atom stereocenters. The van der Waals surface area contributed by atoms with E-state index in [1.165, 1.54) is 4.90 Å². The quantitative estimate of drug-likeness (QED) is 0.762. The van der Waals surface area contributed by atoms with Crippen molar-refractivity contribution >= 4 is 23.6 Å². The lowest BCUT2D eigenvalue weighted by Gasteiger charge is -2.16. The van der Waals surface area contributed by atoms with E-state index in [9.17, 15) is 14.4 Å². The number of carbonyl (C=O) groups is 3. The Balaban J connectivity index is 1.78. The zero-order valence-electron chi connectivity index (χ0n) is 13.0. The monoisotopic (exact) mass is 319 g/mol. The number of benzene rings is 1. The topological polar surface area (TPSA) is 98.7 Å². The smallest absolute Gasteiger partial charge is 0.317 e. The van der Waals surface area contributed by atoms with Crippen molar-refractivity contribution in [3.63, 3.8) is 0 Å². The van der Waals surface area contributed by atoms with Gasteiger partial charge in [-0.2, -0.15) is 0 Å². The molecule has 7 heteroatoms. The van der Waals surface area contributed by atoms with Crippen LogP contribution in [0.2, 0.25) is 0 Å². The third-order valence-electron chi connectivity index (χ3n) is 3.84. The molecular formula is C16H21N3O4. The van der Waals surface area contributed by atoms with E-state index in [-0.39, 0.29) is 19.0 Å². The fourth-order valence-electron chi connectivity index (χ4n) is 2.49. The molecule has 0 aliphatic carbocycles. The maximum absolute atomic E-state index is 11.9. The van der Waals surface area contributed by atoms with Crippen LogP contribution in [0.25, 0.3) is 0 Å². The Morgan fingerprint density at radius 1 is 1.35 bits per heavy atom. The highest BCUT2D eigenvalue weighted by atomic mass is 16.4. The van der Waals surface area contributed by atoms with E-state index in [2.05, 4.69) is 10.6 Å². The molecule has 0 aromatic heterocycles. The lowest BCUT2D eigenvalue weighted by atomic mass is 10.1. The Morgan fingerprint density at radius 2 is 2.13 bits per heavy atom. The number of carbonyl (C=O) groups excluding carboxylic acids is 2. The highest BCUT2D eigenvalue weighted by Gasteiger charge is 2.30. The standard InChI is InChI=1S/C16H21N3O4/c1-2-11-4-3-5-13(8-11)18-14(20)9-17-16(23)19-7-6-12(10-19)15(21)22/h3-5,8,12H,2,6-7,9-10H2,1H3,(H,17,23)(H,18,20)(H,21,22). The van der Waals surface area contributed by atoms with E-state index in [0.717, 1.165) is 12.0 Å². The minimum Gasteiger partial charge on any atom is -0.481 e. The van der Waals surface area contributed by atoms with Crippen LogP contribution < -0.4 is 10.6 Å². The van der Waals surface area contributed by atoms with Gasteiger partial charge in [0.2, 0.25) is 5.91 Å². The van der Waals surface area contributed by atoms with E-state index >= 15 is 0 Å². The van der Waals surface area contributed by atoms with Gasteiger partial charge in [-0.05, 0) is 30.5 Å². The second-order valence-electron chi connectivity index (χ2n) is 5.53. The molecule has 0 spiro atoms. The van der Waals surface area contributed by atoms with Crippen LogP contribution >= 0.6 is 0 Å². The van der Waals surface area contributed by atoms with Crippen LogP contribution in [-0.4, -0.2) is 47.5 Å². The summed E-state index contributed by atoms with van der Waals surface area (Å²) >= 11 is 0. The minimum absolute atomic E-state index is 0.149. The van der Waals surface area contributed by atoms with Crippen LogP contribution in [0.1, 0.15) is 18.9 Å². The molecule has 1 aliphatic heterocycles. The third-order valence-corrected chi connectivity index (χ3v) is 3.84. The van der Waals surface area contributed by atoms with Gasteiger partial charge in [0, 0.05) is 18.8 Å². The van der Waals surface area contributed by atoms with Gasteiger partial charge in [-0.25, -0.2) is 4.79 Å². The number of aryl methyl sites for hydroxylation is 1. The third kappa shape index (κ3) is 4.70. The highest BCUT2D eigenvalue weighted by Crippen LogP contribution is 2.16. The molecule has 3 amide bonds. The SMILES string of the molecule is CCc1cccc(NC(=O)CNC(=O)N2CCC(C(=O)O)C2)c1. The largest absolute Gasteiger partial charge is 0.481 e. The van der Waals surface area contributed by atoms with Crippen molar-refractivity contribution in [2.45, 2.75) is 19.8 Å². The molecular weight excluding hydrogens is 298 g/mol. The second kappa shape index (κ2) is 7.62. The number of nitrogens with one attached hydrogen (secondary N) is 2. The van der Waals surface area contributed by atoms with Gasteiger partial charge in [0.25, 0.3) is 0 Å². The molecule has 0 bridgehead atoms. The van der Waals surface area contributed by atoms with Gasteiger partial charge >= 0.3 is 12.0 Å². The summed E-state index contributed by atoms with van der Waals surface area (Å²) in [5, 5.41) is 14.2. The Morgan fingerprint density at radius 3 is 2.78 bits per heavy atom. The highest BCUT2D eigenvalue weighted by molar-refractivity contribution is 5.94. The molecule has 1 aliphatic rings. The average molecular weight is 319 g/mol. The Bertz CT molecular complexity index is 603. The number of hydrogen-bond acceptors (Lipinski definition) is 3. The number of nitrogens with zero attached hydrogens (tertiary/aromatic N) is 1. The summed E-state index contributed by atoms with van der Waals surface area (Å²) in [6.45, 7) is 2.45. The molecule has 1 saturated heterocycles. The summed E-state index contributed by atoms with van der Waals surface area (Å²) in [4.78, 5) is 36.1. The zero-order valence-corrected chi connectivity index (χ0v) is 13.0. The van der Waals surface area contributed by atoms with Gasteiger partial charge in [-0.1, -0.05) is 19.1 Å². The first-order chi connectivity index (χ1) is 11.0. The Hall–Kier alpha value is -2.57. The molecule has 1 unspecified atom stereocenters. The molecule has 0 radical (unpaired) electrons. The lowest BCUT2D eigenvalue weighted by molar-refractivity contribution is -0.141. The summed E-state index contributed by atoms with van der Waals surface area (Å²) < 4.78 is 0. The van der Waals surface area contributed by atoms with E-state index in [1.807, 2.05) is 25.1 Å². The van der Waals surface area contributed by atoms with Crippen LogP contribution in [0, 0.1) is 5.92 Å². The van der Waals surface area contributed by atoms with Crippen molar-refractivity contribution in [2.24, 2.45) is 5.92 Å². The van der Waals surface area contributed by atoms with Crippen molar-refractivity contribution < 1.29 is 19.5 Å². The van der Waals surface area contributed by atoms with E-state index in [1.54, 1.807) is 6.07 Å². The maximum Gasteiger partial charge on any atom is 0.317 e. The number of carboxylic acids is 1. The number of urea groups is 1. The molecule has 1 aromatic rings. The first-order valence-corrected chi connectivity index (χ1v) is 7.64. The molecule has 7 nitrogen and oxygen atoms in total. The molecule has 124 valence electrons. The van der Waals surface area contributed by atoms with Crippen molar-refractivity contribution in [3.05, 3.63) is 29.8 Å².